The molecule has 1 nitrogen and oxygen atoms in total. The Hall–Kier alpha value is 2.64. The molecule has 0 atom stereocenters. The van der Waals surface area contributed by atoms with Gasteiger partial charge >= 0.3 is 85.5 Å². The van der Waals surface area contributed by atoms with Crippen LogP contribution in [0.15, 0.2) is 0 Å². The second-order valence-corrected chi connectivity index (χ2v) is 0. The smallest absolute Gasteiger partial charge is 2.00 e. The normalized spacial score (nSPS) is 0. The van der Waals surface area contributed by atoms with Crippen LogP contribution in [-0.4, -0.2) is 0 Å². The van der Waals surface area contributed by atoms with Crippen LogP contribution in [0.1, 0.15) is 0 Å². The van der Waals surface area contributed by atoms with Crippen molar-refractivity contribution in [2.24, 2.45) is 0 Å². The monoisotopic (exact) mass is 166 g/mol. The number of hydrogen-bond acceptors (Lipinski definition) is 0. The standard InChI is InChI=1S/Fe.K.Mn.O/q+2;+1;+2;-2. The average Bonchev–Trinajstić information content (AvgIpc) is 0. The van der Waals surface area contributed by atoms with E-state index in [4.69, 9.17) is 0 Å². The van der Waals surface area contributed by atoms with Gasteiger partial charge in [0.05, 0.1) is 0 Å². The largest absolute Gasteiger partial charge is 2.00 e. The second kappa shape index (κ2) is 17.4. The molecule has 0 aromatic rings. The Morgan fingerprint density at radius 2 is 1.00 bits per heavy atom. The summed E-state index contributed by atoms with van der Waals surface area (Å²) in [6, 6.07) is 0. The first-order valence-electron chi connectivity index (χ1n) is 0. The third kappa shape index (κ3) is 8.82. The van der Waals surface area contributed by atoms with Gasteiger partial charge in [0.15, 0.2) is 0 Å². The van der Waals surface area contributed by atoms with E-state index in [1.54, 1.807) is 0 Å². The molecule has 0 aliphatic carbocycles. The first-order valence-corrected chi connectivity index (χ1v) is 0. The van der Waals surface area contributed by atoms with Gasteiger partial charge in [-0.25, -0.2) is 0 Å². The van der Waals surface area contributed by atoms with Gasteiger partial charge in [-0.1, -0.05) is 0 Å². The first kappa shape index (κ1) is 30.3. The summed E-state index contributed by atoms with van der Waals surface area (Å²) in [5, 5.41) is 0. The Kier molecular flexibility index (Phi) is 132. The van der Waals surface area contributed by atoms with Gasteiger partial charge in [-0.3, -0.25) is 0 Å². The van der Waals surface area contributed by atoms with E-state index in [1.807, 2.05) is 0 Å². The summed E-state index contributed by atoms with van der Waals surface area (Å²) in [5.41, 5.74) is 0. The van der Waals surface area contributed by atoms with Gasteiger partial charge in [0, 0.05) is 0 Å². The van der Waals surface area contributed by atoms with Gasteiger partial charge in [-0.15, -0.1) is 0 Å². The summed E-state index contributed by atoms with van der Waals surface area (Å²) in [6.07, 6.45) is 0. The SMILES string of the molecule is [Fe+2].[K+].[Mn+2].[O-2]. The van der Waals surface area contributed by atoms with E-state index in [9.17, 15) is 0 Å². The van der Waals surface area contributed by atoms with Crippen molar-refractivity contribution in [1.29, 1.82) is 0 Å². The molecular formula is FeKMnO+3. The molecule has 4 heavy (non-hydrogen) atoms. The van der Waals surface area contributed by atoms with Crippen LogP contribution in [0.2, 0.25) is 0 Å². The van der Waals surface area contributed by atoms with E-state index in [0.717, 1.165) is 0 Å². The average molecular weight is 166 g/mol. The Bertz CT molecular complexity index is 8.00. The predicted molar refractivity (Wildman–Crippen MR) is 0.686 cm³/mol. The van der Waals surface area contributed by atoms with Crippen LogP contribution in [0.5, 0.6) is 0 Å². The van der Waals surface area contributed by atoms with Crippen LogP contribution < -0.4 is 51.4 Å². The third-order valence-corrected chi connectivity index (χ3v) is 0. The van der Waals surface area contributed by atoms with E-state index < -0.39 is 0 Å². The van der Waals surface area contributed by atoms with Crippen molar-refractivity contribution < 1.29 is 91.0 Å². The zero-order valence-electron chi connectivity index (χ0n) is 2.14. The van der Waals surface area contributed by atoms with E-state index in [1.165, 1.54) is 0 Å². The molecule has 0 heterocycles. The fourth-order valence-corrected chi connectivity index (χ4v) is 0. The molecule has 0 unspecified atom stereocenters. The Morgan fingerprint density at radius 1 is 1.00 bits per heavy atom. The van der Waals surface area contributed by atoms with Crippen LogP contribution >= 0.6 is 0 Å². The fraction of sp³-hybridized carbons (Fsp3) is 0. The van der Waals surface area contributed by atoms with E-state index >= 15 is 0 Å². The molecule has 0 N–H and O–H groups in total. The molecule has 0 aliphatic heterocycles. The molecule has 0 saturated carbocycles. The number of rotatable bonds is 0. The van der Waals surface area contributed by atoms with Gasteiger partial charge in [0.1, 0.15) is 0 Å². The zero-order valence-corrected chi connectivity index (χ0v) is 7.55. The van der Waals surface area contributed by atoms with Gasteiger partial charge in [0.25, 0.3) is 0 Å². The van der Waals surface area contributed by atoms with Gasteiger partial charge in [-0.2, -0.15) is 0 Å². The maximum Gasteiger partial charge on any atom is 2.00 e. The van der Waals surface area contributed by atoms with E-state index in [2.05, 4.69) is 0 Å². The molecule has 0 aromatic heterocycles. The molecular weight excluding hydrogens is 166 g/mol. The summed E-state index contributed by atoms with van der Waals surface area (Å²) in [7, 11) is 0. The Labute approximate surface area is 89.0 Å². The van der Waals surface area contributed by atoms with Crippen molar-refractivity contribution >= 4 is 0 Å². The third-order valence-electron chi connectivity index (χ3n) is 0. The van der Waals surface area contributed by atoms with E-state index in [-0.39, 0.29) is 91.0 Å². The van der Waals surface area contributed by atoms with Crippen LogP contribution in [0, 0.1) is 0 Å². The predicted octanol–water partition coefficient (Wildman–Crippen LogP) is -3.12. The summed E-state index contributed by atoms with van der Waals surface area (Å²) >= 11 is 0. The van der Waals surface area contributed by atoms with Crippen LogP contribution in [0.25, 0.3) is 0 Å². The van der Waals surface area contributed by atoms with Crippen molar-refractivity contribution in [2.75, 3.05) is 0 Å². The number of hydrogen-bond donors (Lipinski definition) is 0. The molecule has 0 amide bonds. The minimum absolute atomic E-state index is 0. The Balaban J connectivity index is 0. The van der Waals surface area contributed by atoms with Gasteiger partial charge < -0.3 is 5.48 Å². The minimum atomic E-state index is 0. The molecule has 0 bridgehead atoms. The van der Waals surface area contributed by atoms with Crippen LogP contribution in [0.4, 0.5) is 0 Å². The van der Waals surface area contributed by atoms with Crippen molar-refractivity contribution in [3.8, 4) is 0 Å². The molecule has 0 fully saturated rings. The van der Waals surface area contributed by atoms with E-state index in [0.29, 0.717) is 0 Å². The molecule has 0 saturated heterocycles. The summed E-state index contributed by atoms with van der Waals surface area (Å²) in [4.78, 5) is 0. The topological polar surface area (TPSA) is 28.5 Å². The minimum Gasteiger partial charge on any atom is -2.00 e. The maximum atomic E-state index is 0. The van der Waals surface area contributed by atoms with Crippen molar-refractivity contribution in [3.05, 3.63) is 0 Å². The summed E-state index contributed by atoms with van der Waals surface area (Å²) in [5.74, 6) is 0. The quantitative estimate of drug-likeness (QED) is 0.340. The second-order valence-electron chi connectivity index (χ2n) is 0. The van der Waals surface area contributed by atoms with Gasteiger partial charge in [-0.05, 0) is 0 Å². The fourth-order valence-electron chi connectivity index (χ4n) is 0. The summed E-state index contributed by atoms with van der Waals surface area (Å²) in [6.45, 7) is 0. The van der Waals surface area contributed by atoms with Gasteiger partial charge in [0.2, 0.25) is 0 Å². The Morgan fingerprint density at radius 3 is 1.00 bits per heavy atom. The molecule has 0 aliphatic rings. The van der Waals surface area contributed by atoms with Crippen molar-refractivity contribution in [2.45, 2.75) is 0 Å². The maximum absolute atomic E-state index is 0. The zero-order chi connectivity index (χ0) is 0. The molecule has 0 aromatic carbocycles. The van der Waals surface area contributed by atoms with Crippen LogP contribution in [0.3, 0.4) is 0 Å². The van der Waals surface area contributed by atoms with Crippen LogP contribution in [-0.2, 0) is 39.6 Å². The van der Waals surface area contributed by atoms with Crippen molar-refractivity contribution in [3.63, 3.8) is 0 Å². The molecule has 0 spiro atoms. The first-order chi connectivity index (χ1) is 0. The molecule has 4 heteroatoms. The van der Waals surface area contributed by atoms with Crippen molar-refractivity contribution in [1.82, 2.24) is 0 Å². The summed E-state index contributed by atoms with van der Waals surface area (Å²) < 4.78 is 0. The molecule has 0 rings (SSSR count). The molecule has 1 radical (unpaired) electrons. The molecule has 19 valence electrons.